The normalized spacial score (nSPS) is 11.2. The maximum absolute atomic E-state index is 5.92. The van der Waals surface area contributed by atoms with Gasteiger partial charge in [0.1, 0.15) is 11.4 Å². The molecule has 0 aliphatic heterocycles. The molecule has 0 saturated carbocycles. The molecule has 0 atom stereocenters. The van der Waals surface area contributed by atoms with Gasteiger partial charge in [0.15, 0.2) is 0 Å². The molecule has 0 aliphatic carbocycles. The lowest BCUT2D eigenvalue weighted by atomic mass is 10.1. The summed E-state index contributed by atoms with van der Waals surface area (Å²) in [6.45, 7) is 2.88. The van der Waals surface area contributed by atoms with Crippen LogP contribution < -0.4 is 10.5 Å². The van der Waals surface area contributed by atoms with E-state index >= 15 is 0 Å². The molecule has 0 spiro atoms. The van der Waals surface area contributed by atoms with Gasteiger partial charge in [0.05, 0.1) is 18.0 Å². The highest BCUT2D eigenvalue weighted by Crippen LogP contribution is 2.34. The van der Waals surface area contributed by atoms with Crippen LogP contribution in [0.4, 0.5) is 17.1 Å². The van der Waals surface area contributed by atoms with Crippen molar-refractivity contribution in [1.29, 1.82) is 0 Å². The monoisotopic (exact) mass is 319 g/mol. The number of rotatable bonds is 6. The predicted molar refractivity (Wildman–Crippen MR) is 99.4 cm³/mol. The van der Waals surface area contributed by atoms with Crippen LogP contribution in [0.2, 0.25) is 0 Å². The number of hydrogen-bond donors (Lipinski definition) is 1. The molecule has 3 aromatic rings. The lowest BCUT2D eigenvalue weighted by Gasteiger charge is -2.10. The lowest BCUT2D eigenvalue weighted by Crippen LogP contribution is -1.96. The second-order valence-electron chi connectivity index (χ2n) is 5.59. The quantitative estimate of drug-likeness (QED) is 0.343. The average Bonchev–Trinajstić information content (AvgIpc) is 2.62. The van der Waals surface area contributed by atoms with Crippen LogP contribution in [0.25, 0.3) is 10.8 Å². The molecule has 0 aromatic heterocycles. The van der Waals surface area contributed by atoms with E-state index in [1.165, 1.54) is 0 Å². The highest BCUT2D eigenvalue weighted by Gasteiger charge is 2.06. The molecule has 3 rings (SSSR count). The highest BCUT2D eigenvalue weighted by atomic mass is 16.5. The van der Waals surface area contributed by atoms with Gasteiger partial charge in [-0.15, -0.1) is 10.2 Å². The second kappa shape index (κ2) is 7.59. The molecular formula is C20H21N3O. The number of ether oxygens (including phenoxy) is 1. The smallest absolute Gasteiger partial charge is 0.127 e. The largest absolute Gasteiger partial charge is 0.493 e. The maximum Gasteiger partial charge on any atom is 0.127 e. The first-order valence-electron chi connectivity index (χ1n) is 8.20. The van der Waals surface area contributed by atoms with Crippen LogP contribution in [0, 0.1) is 0 Å². The van der Waals surface area contributed by atoms with E-state index in [0.717, 1.165) is 41.7 Å². The fraction of sp³-hybridized carbons (Fsp3) is 0.200. The summed E-state index contributed by atoms with van der Waals surface area (Å²) in [6, 6.07) is 19.4. The Bertz CT molecular complexity index is 858. The number of anilines is 1. The Morgan fingerprint density at radius 3 is 2.33 bits per heavy atom. The van der Waals surface area contributed by atoms with E-state index in [-0.39, 0.29) is 0 Å². The zero-order chi connectivity index (χ0) is 16.8. The van der Waals surface area contributed by atoms with Crippen molar-refractivity contribution < 1.29 is 4.74 Å². The zero-order valence-electron chi connectivity index (χ0n) is 13.8. The summed E-state index contributed by atoms with van der Waals surface area (Å²) < 4.78 is 5.90. The van der Waals surface area contributed by atoms with Gasteiger partial charge in [-0.25, -0.2) is 0 Å². The number of benzene rings is 3. The van der Waals surface area contributed by atoms with Crippen molar-refractivity contribution >= 4 is 27.8 Å². The summed E-state index contributed by atoms with van der Waals surface area (Å²) in [7, 11) is 0. The molecule has 0 saturated heterocycles. The van der Waals surface area contributed by atoms with Crippen molar-refractivity contribution in [2.45, 2.75) is 19.8 Å². The van der Waals surface area contributed by atoms with Crippen molar-refractivity contribution in [3.63, 3.8) is 0 Å². The third-order valence-corrected chi connectivity index (χ3v) is 3.82. The van der Waals surface area contributed by atoms with Crippen LogP contribution >= 0.6 is 0 Å². The Morgan fingerprint density at radius 2 is 1.54 bits per heavy atom. The van der Waals surface area contributed by atoms with Crippen molar-refractivity contribution in [1.82, 2.24) is 0 Å². The number of fused-ring (bicyclic) bond motifs is 1. The molecule has 0 unspecified atom stereocenters. The van der Waals surface area contributed by atoms with Gasteiger partial charge in [0.25, 0.3) is 0 Å². The van der Waals surface area contributed by atoms with E-state index in [4.69, 9.17) is 10.5 Å². The van der Waals surface area contributed by atoms with Gasteiger partial charge in [0, 0.05) is 10.8 Å². The lowest BCUT2D eigenvalue weighted by molar-refractivity contribution is 0.313. The first kappa shape index (κ1) is 16.0. The molecular weight excluding hydrogens is 298 g/mol. The molecule has 2 N–H and O–H groups in total. The minimum atomic E-state index is 0.616. The van der Waals surface area contributed by atoms with Gasteiger partial charge in [-0.2, -0.15) is 0 Å². The maximum atomic E-state index is 5.92. The Hall–Kier alpha value is -2.88. The van der Waals surface area contributed by atoms with Crippen LogP contribution in [0.3, 0.4) is 0 Å². The van der Waals surface area contributed by atoms with Crippen LogP contribution in [-0.4, -0.2) is 6.61 Å². The molecule has 0 radical (unpaired) electrons. The topological polar surface area (TPSA) is 60.0 Å². The Balaban J connectivity index is 1.95. The summed E-state index contributed by atoms with van der Waals surface area (Å²) >= 11 is 0. The van der Waals surface area contributed by atoms with Gasteiger partial charge >= 0.3 is 0 Å². The molecule has 0 aliphatic rings. The van der Waals surface area contributed by atoms with E-state index in [2.05, 4.69) is 17.2 Å². The molecule has 0 fully saturated rings. The Labute approximate surface area is 142 Å². The number of unbranched alkanes of at least 4 members (excludes halogenated alkanes) is 1. The fourth-order valence-electron chi connectivity index (χ4n) is 2.48. The van der Waals surface area contributed by atoms with E-state index in [1.54, 1.807) is 0 Å². The summed E-state index contributed by atoms with van der Waals surface area (Å²) in [5, 5.41) is 10.7. The van der Waals surface area contributed by atoms with Gasteiger partial charge in [-0.05, 0) is 30.7 Å². The molecule has 24 heavy (non-hydrogen) atoms. The summed E-state index contributed by atoms with van der Waals surface area (Å²) in [5.74, 6) is 0.886. The standard InChI is InChI=1S/C20H21N3O/c1-2-3-14-24-20-13-12-18(15-8-4-5-9-16(15)20)22-23-19-11-7-6-10-17(19)21/h4-13H,2-3,14,21H2,1H3. The summed E-state index contributed by atoms with van der Waals surface area (Å²) in [4.78, 5) is 0. The SMILES string of the molecule is CCCCOc1ccc(N=Nc2ccccc2N)c2ccccc12. The molecule has 0 heterocycles. The first-order valence-corrected chi connectivity index (χ1v) is 8.20. The number of nitrogen functional groups attached to an aromatic ring is 1. The Kier molecular flexibility index (Phi) is 5.06. The first-order chi connectivity index (χ1) is 11.8. The van der Waals surface area contributed by atoms with Crippen LogP contribution in [-0.2, 0) is 0 Å². The highest BCUT2D eigenvalue weighted by molar-refractivity contribution is 5.96. The molecule has 0 amide bonds. The molecule has 122 valence electrons. The zero-order valence-corrected chi connectivity index (χ0v) is 13.8. The fourth-order valence-corrected chi connectivity index (χ4v) is 2.48. The van der Waals surface area contributed by atoms with E-state index in [1.807, 2.05) is 60.7 Å². The number of para-hydroxylation sites is 1. The van der Waals surface area contributed by atoms with Crippen LogP contribution in [0.5, 0.6) is 5.75 Å². The third kappa shape index (κ3) is 3.54. The van der Waals surface area contributed by atoms with Crippen molar-refractivity contribution in [2.75, 3.05) is 12.3 Å². The Morgan fingerprint density at radius 1 is 0.833 bits per heavy atom. The number of nitrogens with zero attached hydrogens (tertiary/aromatic N) is 2. The van der Waals surface area contributed by atoms with Gasteiger partial charge in [-0.1, -0.05) is 49.7 Å². The predicted octanol–water partition coefficient (Wildman–Crippen LogP) is 6.02. The number of nitrogens with two attached hydrogens (primary N) is 1. The summed E-state index contributed by atoms with van der Waals surface area (Å²) in [6.07, 6.45) is 2.16. The van der Waals surface area contributed by atoms with Crippen molar-refractivity contribution in [3.05, 3.63) is 60.7 Å². The van der Waals surface area contributed by atoms with Gasteiger partial charge < -0.3 is 10.5 Å². The number of hydrogen-bond acceptors (Lipinski definition) is 4. The molecule has 0 bridgehead atoms. The minimum Gasteiger partial charge on any atom is -0.493 e. The third-order valence-electron chi connectivity index (χ3n) is 3.82. The summed E-state index contributed by atoms with van der Waals surface area (Å²) in [5.41, 5.74) is 8.01. The molecule has 4 nitrogen and oxygen atoms in total. The molecule has 3 aromatic carbocycles. The minimum absolute atomic E-state index is 0.616. The van der Waals surface area contributed by atoms with Gasteiger partial charge in [0.2, 0.25) is 0 Å². The van der Waals surface area contributed by atoms with E-state index < -0.39 is 0 Å². The second-order valence-corrected chi connectivity index (χ2v) is 5.59. The van der Waals surface area contributed by atoms with E-state index in [9.17, 15) is 0 Å². The average molecular weight is 319 g/mol. The van der Waals surface area contributed by atoms with Crippen molar-refractivity contribution in [3.8, 4) is 5.75 Å². The van der Waals surface area contributed by atoms with Gasteiger partial charge in [-0.3, -0.25) is 0 Å². The molecule has 4 heteroatoms. The van der Waals surface area contributed by atoms with Crippen LogP contribution in [0.1, 0.15) is 19.8 Å². The van der Waals surface area contributed by atoms with E-state index in [0.29, 0.717) is 11.4 Å². The number of azo groups is 1. The van der Waals surface area contributed by atoms with Crippen molar-refractivity contribution in [2.24, 2.45) is 10.2 Å². The van der Waals surface area contributed by atoms with Crippen LogP contribution in [0.15, 0.2) is 70.9 Å².